The van der Waals surface area contributed by atoms with Crippen LogP contribution >= 0.6 is 0 Å². The van der Waals surface area contributed by atoms with E-state index in [0.717, 1.165) is 12.8 Å². The summed E-state index contributed by atoms with van der Waals surface area (Å²) in [6.45, 7) is 7.50. The molecule has 1 aromatic heterocycles. The summed E-state index contributed by atoms with van der Waals surface area (Å²) in [7, 11) is 0. The molecule has 0 saturated heterocycles. The van der Waals surface area contributed by atoms with Gasteiger partial charge >= 0.3 is 5.97 Å². The molecule has 0 saturated carbocycles. The minimum absolute atomic E-state index is 0.0856. The maximum atomic E-state index is 12.1. The average Bonchev–Trinajstić information content (AvgIpc) is 2.81. The van der Waals surface area contributed by atoms with Gasteiger partial charge in [0.25, 0.3) is 0 Å². The highest BCUT2D eigenvalue weighted by Gasteiger charge is 2.24. The van der Waals surface area contributed by atoms with Crippen molar-refractivity contribution in [2.75, 3.05) is 0 Å². The highest BCUT2D eigenvalue weighted by atomic mass is 16.4. The van der Waals surface area contributed by atoms with Gasteiger partial charge in [0, 0.05) is 6.04 Å². The van der Waals surface area contributed by atoms with Crippen molar-refractivity contribution in [3.63, 3.8) is 0 Å². The van der Waals surface area contributed by atoms with Gasteiger partial charge in [0.2, 0.25) is 5.91 Å². The van der Waals surface area contributed by atoms with Gasteiger partial charge in [-0.05, 0) is 26.7 Å². The Kier molecular flexibility index (Phi) is 5.66. The van der Waals surface area contributed by atoms with Gasteiger partial charge in [-0.15, -0.1) is 5.10 Å². The summed E-state index contributed by atoms with van der Waals surface area (Å²) in [5.41, 5.74) is 0.372. The number of nitrogens with zero attached hydrogens (tertiary/aromatic N) is 3. The Morgan fingerprint density at radius 2 is 2.00 bits per heavy atom. The van der Waals surface area contributed by atoms with Crippen LogP contribution in [-0.2, 0) is 11.2 Å². The van der Waals surface area contributed by atoms with Crippen LogP contribution < -0.4 is 5.32 Å². The minimum Gasteiger partial charge on any atom is -0.476 e. The summed E-state index contributed by atoms with van der Waals surface area (Å²) >= 11 is 0. The maximum absolute atomic E-state index is 12.1. The van der Waals surface area contributed by atoms with E-state index in [-0.39, 0.29) is 17.6 Å². The molecule has 2 atom stereocenters. The molecule has 2 unspecified atom stereocenters. The van der Waals surface area contributed by atoms with E-state index < -0.39 is 12.0 Å². The molecule has 1 aromatic rings. The van der Waals surface area contributed by atoms with Crippen molar-refractivity contribution in [2.45, 2.75) is 59.0 Å². The number of aromatic carboxylic acids is 1. The van der Waals surface area contributed by atoms with Gasteiger partial charge in [0.15, 0.2) is 5.69 Å². The standard InChI is InChI=1S/C13H22N4O3/c1-5-7-8(3)14-12(18)9(4)17-10(6-2)11(13(19)20)15-16-17/h8-9H,5-7H2,1-4H3,(H,14,18)(H,19,20). The summed E-state index contributed by atoms with van der Waals surface area (Å²) in [5.74, 6) is -1.30. The van der Waals surface area contributed by atoms with Gasteiger partial charge in [0.05, 0.1) is 5.69 Å². The van der Waals surface area contributed by atoms with Crippen molar-refractivity contribution in [1.29, 1.82) is 0 Å². The molecule has 112 valence electrons. The van der Waals surface area contributed by atoms with E-state index in [1.807, 2.05) is 13.8 Å². The van der Waals surface area contributed by atoms with Gasteiger partial charge in [0.1, 0.15) is 6.04 Å². The Morgan fingerprint density at radius 1 is 1.35 bits per heavy atom. The van der Waals surface area contributed by atoms with Crippen LogP contribution in [0.25, 0.3) is 0 Å². The number of carbonyl (C=O) groups is 2. The normalized spacial score (nSPS) is 13.8. The van der Waals surface area contributed by atoms with Gasteiger partial charge in [-0.3, -0.25) is 4.79 Å². The Morgan fingerprint density at radius 3 is 2.50 bits per heavy atom. The fourth-order valence-corrected chi connectivity index (χ4v) is 2.10. The number of hydrogen-bond acceptors (Lipinski definition) is 4. The number of nitrogens with one attached hydrogen (secondary N) is 1. The first kappa shape index (κ1) is 16.1. The summed E-state index contributed by atoms with van der Waals surface area (Å²) in [6.07, 6.45) is 2.34. The van der Waals surface area contributed by atoms with Crippen LogP contribution in [0.2, 0.25) is 0 Å². The van der Waals surface area contributed by atoms with E-state index in [4.69, 9.17) is 5.11 Å². The second-order valence-electron chi connectivity index (χ2n) is 4.86. The molecule has 0 spiro atoms. The van der Waals surface area contributed by atoms with Crippen molar-refractivity contribution < 1.29 is 14.7 Å². The second-order valence-corrected chi connectivity index (χ2v) is 4.86. The van der Waals surface area contributed by atoms with Crippen LogP contribution in [0.4, 0.5) is 0 Å². The molecular formula is C13H22N4O3. The van der Waals surface area contributed by atoms with Gasteiger partial charge in [-0.25, -0.2) is 9.48 Å². The van der Waals surface area contributed by atoms with Crippen LogP contribution in [0.1, 0.15) is 62.8 Å². The zero-order valence-electron chi connectivity index (χ0n) is 12.4. The van der Waals surface area contributed by atoms with Crippen molar-refractivity contribution in [3.05, 3.63) is 11.4 Å². The van der Waals surface area contributed by atoms with E-state index in [9.17, 15) is 9.59 Å². The average molecular weight is 282 g/mol. The molecule has 0 aromatic carbocycles. The first-order chi connectivity index (χ1) is 9.42. The molecule has 1 heterocycles. The molecule has 0 aliphatic heterocycles. The van der Waals surface area contributed by atoms with E-state index in [2.05, 4.69) is 22.6 Å². The fraction of sp³-hybridized carbons (Fsp3) is 0.692. The van der Waals surface area contributed by atoms with Crippen molar-refractivity contribution in [3.8, 4) is 0 Å². The number of amides is 1. The van der Waals surface area contributed by atoms with Crippen molar-refractivity contribution in [2.24, 2.45) is 0 Å². The summed E-state index contributed by atoms with van der Waals surface area (Å²) in [6, 6.07) is -0.493. The summed E-state index contributed by atoms with van der Waals surface area (Å²) in [5, 5.41) is 19.4. The molecule has 7 heteroatoms. The highest BCUT2D eigenvalue weighted by molar-refractivity contribution is 5.87. The first-order valence-electron chi connectivity index (χ1n) is 6.90. The number of aromatic nitrogens is 3. The monoisotopic (exact) mass is 282 g/mol. The molecule has 0 aliphatic carbocycles. The molecule has 2 N–H and O–H groups in total. The highest BCUT2D eigenvalue weighted by Crippen LogP contribution is 2.13. The number of carboxylic acids is 1. The number of hydrogen-bond donors (Lipinski definition) is 2. The smallest absolute Gasteiger partial charge is 0.358 e. The van der Waals surface area contributed by atoms with E-state index in [0.29, 0.717) is 12.1 Å². The molecule has 1 rings (SSSR count). The zero-order chi connectivity index (χ0) is 15.3. The van der Waals surface area contributed by atoms with Crippen LogP contribution in [0.15, 0.2) is 0 Å². The predicted octanol–water partition coefficient (Wildman–Crippen LogP) is 1.40. The molecule has 20 heavy (non-hydrogen) atoms. The zero-order valence-corrected chi connectivity index (χ0v) is 12.4. The Hall–Kier alpha value is -1.92. The molecule has 1 amide bonds. The van der Waals surface area contributed by atoms with Gasteiger partial charge in [-0.1, -0.05) is 25.5 Å². The Balaban J connectivity index is 2.89. The lowest BCUT2D eigenvalue weighted by molar-refractivity contribution is -0.124. The summed E-state index contributed by atoms with van der Waals surface area (Å²) < 4.78 is 1.39. The van der Waals surface area contributed by atoms with E-state index in [1.165, 1.54) is 4.68 Å². The lowest BCUT2D eigenvalue weighted by Gasteiger charge is -2.18. The van der Waals surface area contributed by atoms with Crippen LogP contribution in [-0.4, -0.2) is 38.0 Å². The molecule has 0 bridgehead atoms. The van der Waals surface area contributed by atoms with E-state index in [1.54, 1.807) is 6.92 Å². The third kappa shape index (κ3) is 3.55. The lowest BCUT2D eigenvalue weighted by atomic mass is 10.1. The first-order valence-corrected chi connectivity index (χ1v) is 6.90. The molecule has 7 nitrogen and oxygen atoms in total. The van der Waals surface area contributed by atoms with Gasteiger partial charge < -0.3 is 10.4 Å². The third-order valence-electron chi connectivity index (χ3n) is 3.19. The quantitative estimate of drug-likeness (QED) is 0.788. The van der Waals surface area contributed by atoms with Crippen molar-refractivity contribution in [1.82, 2.24) is 20.3 Å². The molecule has 0 fully saturated rings. The molecule has 0 radical (unpaired) electrons. The molecular weight excluding hydrogens is 260 g/mol. The van der Waals surface area contributed by atoms with Gasteiger partial charge in [-0.2, -0.15) is 0 Å². The Labute approximate surface area is 118 Å². The SMILES string of the molecule is CCCC(C)NC(=O)C(C)n1nnc(C(=O)O)c1CC. The van der Waals surface area contributed by atoms with Crippen LogP contribution in [0.3, 0.4) is 0 Å². The fourth-order valence-electron chi connectivity index (χ4n) is 2.10. The van der Waals surface area contributed by atoms with Crippen LogP contribution in [0.5, 0.6) is 0 Å². The number of rotatable bonds is 7. The largest absolute Gasteiger partial charge is 0.476 e. The minimum atomic E-state index is -1.12. The maximum Gasteiger partial charge on any atom is 0.358 e. The topological polar surface area (TPSA) is 97.1 Å². The molecule has 0 aliphatic rings. The second kappa shape index (κ2) is 7.02. The Bertz CT molecular complexity index is 484. The van der Waals surface area contributed by atoms with Crippen LogP contribution in [0, 0.1) is 0 Å². The predicted molar refractivity (Wildman–Crippen MR) is 73.6 cm³/mol. The van der Waals surface area contributed by atoms with E-state index >= 15 is 0 Å². The number of carbonyl (C=O) groups excluding carboxylic acids is 1. The third-order valence-corrected chi connectivity index (χ3v) is 3.19. The van der Waals surface area contributed by atoms with Crippen molar-refractivity contribution >= 4 is 11.9 Å². The summed E-state index contributed by atoms with van der Waals surface area (Å²) in [4.78, 5) is 23.2. The lowest BCUT2D eigenvalue weighted by Crippen LogP contribution is -2.38. The number of carboxylic acid groups (broad SMARTS) is 1.